The van der Waals surface area contributed by atoms with Gasteiger partial charge in [-0.2, -0.15) is 8.42 Å². The molecule has 0 heterocycles. The Bertz CT molecular complexity index is 626. The molecule has 136 valence electrons. The van der Waals surface area contributed by atoms with Gasteiger partial charge in [-0.05, 0) is 18.6 Å². The van der Waals surface area contributed by atoms with E-state index in [-0.39, 0.29) is 22.8 Å². The molecule has 4 nitrogen and oxygen atoms in total. The van der Waals surface area contributed by atoms with Crippen LogP contribution in [0.5, 0.6) is 0 Å². The average molecular weight is 375 g/mol. The number of rotatable bonds is 12. The molecule has 0 unspecified atom stereocenters. The lowest BCUT2D eigenvalue weighted by Crippen LogP contribution is -2.09. The van der Waals surface area contributed by atoms with Crippen molar-refractivity contribution in [3.8, 4) is 0 Å². The Balaban J connectivity index is 2.42. The lowest BCUT2D eigenvalue weighted by Gasteiger charge is -2.08. The first-order valence-corrected chi connectivity index (χ1v) is 10.5. The normalized spacial score (nSPS) is 11.6. The summed E-state index contributed by atoms with van der Waals surface area (Å²) in [5.41, 5.74) is -0.0961. The Morgan fingerprint density at radius 1 is 1.00 bits per heavy atom. The summed E-state index contributed by atoms with van der Waals surface area (Å²) < 4.78 is 32.0. The van der Waals surface area contributed by atoms with E-state index in [0.717, 1.165) is 12.8 Å². The van der Waals surface area contributed by atoms with Crippen LogP contribution in [0.2, 0.25) is 5.02 Å². The predicted molar refractivity (Wildman–Crippen MR) is 97.4 cm³/mol. The van der Waals surface area contributed by atoms with Gasteiger partial charge in [-0.1, -0.05) is 76.0 Å². The van der Waals surface area contributed by atoms with Crippen LogP contribution in [0.1, 0.15) is 81.5 Å². The van der Waals surface area contributed by atoms with Crippen molar-refractivity contribution in [1.29, 1.82) is 0 Å². The van der Waals surface area contributed by atoms with E-state index >= 15 is 0 Å². The maximum Gasteiger partial charge on any atom is 0.295 e. The molecule has 0 radical (unpaired) electrons. The summed E-state index contributed by atoms with van der Waals surface area (Å²) in [5.74, 6) is -0.337. The summed E-state index contributed by atoms with van der Waals surface area (Å²) >= 11 is 5.96. The Hall–Kier alpha value is -0.910. The number of carbonyl (C=O) groups excluding carboxylic acids is 1. The highest BCUT2D eigenvalue weighted by Gasteiger charge is 2.22. The fraction of sp³-hybridized carbons (Fsp3) is 0.611. The van der Waals surface area contributed by atoms with Gasteiger partial charge in [-0.15, -0.1) is 0 Å². The Kier molecular flexibility index (Phi) is 9.56. The van der Waals surface area contributed by atoms with Crippen molar-refractivity contribution in [2.45, 2.75) is 76.0 Å². The Morgan fingerprint density at radius 3 is 2.08 bits per heavy atom. The number of ketones is 1. The van der Waals surface area contributed by atoms with E-state index in [0.29, 0.717) is 6.42 Å². The summed E-state index contributed by atoms with van der Waals surface area (Å²) in [6.45, 7) is 2.20. The Labute approximate surface area is 150 Å². The largest absolute Gasteiger partial charge is 0.295 e. The van der Waals surface area contributed by atoms with Crippen LogP contribution in [0.4, 0.5) is 0 Å². The van der Waals surface area contributed by atoms with E-state index in [4.69, 9.17) is 11.6 Å². The fourth-order valence-corrected chi connectivity index (χ4v) is 3.78. The number of carbonyl (C=O) groups is 1. The molecule has 0 saturated heterocycles. The topological polar surface area (TPSA) is 71.4 Å². The van der Waals surface area contributed by atoms with Crippen LogP contribution in [0, 0.1) is 0 Å². The molecule has 1 aromatic carbocycles. The molecule has 0 spiro atoms. The predicted octanol–water partition coefficient (Wildman–Crippen LogP) is 5.69. The molecule has 0 bridgehead atoms. The van der Waals surface area contributed by atoms with Gasteiger partial charge in [-0.3, -0.25) is 9.35 Å². The number of hydrogen-bond donors (Lipinski definition) is 1. The fourth-order valence-electron chi connectivity index (χ4n) is 2.71. The molecule has 0 aliphatic heterocycles. The minimum absolute atomic E-state index is 0.0612. The van der Waals surface area contributed by atoms with Crippen LogP contribution in [0.25, 0.3) is 0 Å². The van der Waals surface area contributed by atoms with E-state index in [1.54, 1.807) is 0 Å². The third kappa shape index (κ3) is 7.32. The van der Waals surface area contributed by atoms with Crippen molar-refractivity contribution in [2.75, 3.05) is 0 Å². The summed E-state index contributed by atoms with van der Waals surface area (Å²) in [4.78, 5) is 11.9. The van der Waals surface area contributed by atoms with Gasteiger partial charge in [0.2, 0.25) is 0 Å². The number of unbranched alkanes of at least 4 members (excludes halogenated alkanes) is 8. The van der Waals surface area contributed by atoms with Crippen molar-refractivity contribution < 1.29 is 17.8 Å². The maximum absolute atomic E-state index is 12.3. The van der Waals surface area contributed by atoms with Gasteiger partial charge in [0.15, 0.2) is 5.78 Å². The highest BCUT2D eigenvalue weighted by Crippen LogP contribution is 2.26. The second-order valence-electron chi connectivity index (χ2n) is 6.09. The molecule has 6 heteroatoms. The van der Waals surface area contributed by atoms with Gasteiger partial charge < -0.3 is 0 Å². The SMILES string of the molecule is CCCCCCCCCCCC(=O)c1c(Cl)cccc1S(=O)(=O)O. The number of benzene rings is 1. The minimum atomic E-state index is -4.46. The van der Waals surface area contributed by atoms with Gasteiger partial charge in [0.05, 0.1) is 10.6 Å². The van der Waals surface area contributed by atoms with Gasteiger partial charge in [-0.25, -0.2) is 0 Å². The number of Topliss-reactive ketones (excluding diaryl/α,β-unsaturated/α-hetero) is 1. The molecule has 0 aliphatic rings. The van der Waals surface area contributed by atoms with Crippen LogP contribution in [0.15, 0.2) is 23.1 Å². The van der Waals surface area contributed by atoms with E-state index in [1.165, 1.54) is 56.7 Å². The Morgan fingerprint density at radius 2 is 1.54 bits per heavy atom. The van der Waals surface area contributed by atoms with Crippen LogP contribution >= 0.6 is 11.6 Å². The number of halogens is 1. The van der Waals surface area contributed by atoms with Crippen LogP contribution in [0.3, 0.4) is 0 Å². The van der Waals surface area contributed by atoms with Crippen molar-refractivity contribution in [1.82, 2.24) is 0 Å². The van der Waals surface area contributed by atoms with Crippen LogP contribution < -0.4 is 0 Å². The molecule has 0 amide bonds. The van der Waals surface area contributed by atoms with Gasteiger partial charge in [0.25, 0.3) is 10.1 Å². The van der Waals surface area contributed by atoms with Crippen LogP contribution in [-0.2, 0) is 10.1 Å². The standard InChI is InChI=1S/C18H27ClO4S/c1-2-3-4-5-6-7-8-9-10-13-16(20)18-15(19)12-11-14-17(18)24(21,22)23/h11-12,14H,2-10,13H2,1H3,(H,21,22,23). The molecule has 24 heavy (non-hydrogen) atoms. The highest BCUT2D eigenvalue weighted by atomic mass is 35.5. The molecule has 1 rings (SSSR count). The first-order valence-electron chi connectivity index (χ1n) is 8.67. The maximum atomic E-state index is 12.3. The zero-order chi connectivity index (χ0) is 18.0. The van der Waals surface area contributed by atoms with Crippen molar-refractivity contribution >= 4 is 27.5 Å². The van der Waals surface area contributed by atoms with E-state index in [1.807, 2.05) is 0 Å². The second kappa shape index (κ2) is 10.9. The zero-order valence-electron chi connectivity index (χ0n) is 14.3. The van der Waals surface area contributed by atoms with Gasteiger partial charge >= 0.3 is 0 Å². The summed E-state index contributed by atoms with van der Waals surface area (Å²) in [7, 11) is -4.46. The quantitative estimate of drug-likeness (QED) is 0.290. The second-order valence-corrected chi connectivity index (χ2v) is 7.89. The summed E-state index contributed by atoms with van der Waals surface area (Å²) in [5, 5.41) is 0.0612. The molecule has 0 aliphatic carbocycles. The van der Waals surface area contributed by atoms with Gasteiger partial charge in [0, 0.05) is 6.42 Å². The van der Waals surface area contributed by atoms with Crippen molar-refractivity contribution in [2.24, 2.45) is 0 Å². The van der Waals surface area contributed by atoms with E-state index in [2.05, 4.69) is 6.92 Å². The first kappa shape index (κ1) is 21.1. The lowest BCUT2D eigenvalue weighted by molar-refractivity contribution is 0.0975. The number of hydrogen-bond acceptors (Lipinski definition) is 3. The van der Waals surface area contributed by atoms with E-state index in [9.17, 15) is 17.8 Å². The monoisotopic (exact) mass is 374 g/mol. The zero-order valence-corrected chi connectivity index (χ0v) is 15.8. The minimum Gasteiger partial charge on any atom is -0.294 e. The molecular weight excluding hydrogens is 348 g/mol. The average Bonchev–Trinajstić information content (AvgIpc) is 2.52. The van der Waals surface area contributed by atoms with Crippen molar-refractivity contribution in [3.05, 3.63) is 28.8 Å². The lowest BCUT2D eigenvalue weighted by atomic mass is 10.0. The molecule has 1 aromatic rings. The molecule has 0 atom stereocenters. The molecule has 0 aromatic heterocycles. The molecule has 0 saturated carbocycles. The third-order valence-electron chi connectivity index (χ3n) is 4.04. The summed E-state index contributed by atoms with van der Waals surface area (Å²) in [6.07, 6.45) is 10.4. The van der Waals surface area contributed by atoms with Crippen molar-refractivity contribution in [3.63, 3.8) is 0 Å². The third-order valence-corrected chi connectivity index (χ3v) is 5.25. The van der Waals surface area contributed by atoms with Gasteiger partial charge in [0.1, 0.15) is 4.90 Å². The molecular formula is C18H27ClO4S. The molecule has 1 N–H and O–H groups in total. The molecule has 0 fully saturated rings. The highest BCUT2D eigenvalue weighted by molar-refractivity contribution is 7.86. The first-order chi connectivity index (χ1) is 11.4. The van der Waals surface area contributed by atoms with E-state index < -0.39 is 15.0 Å². The summed E-state index contributed by atoms with van der Waals surface area (Å²) in [6, 6.07) is 4.06. The smallest absolute Gasteiger partial charge is 0.294 e. The van der Waals surface area contributed by atoms with Crippen LogP contribution in [-0.4, -0.2) is 18.8 Å².